The smallest absolute Gasteiger partial charge is 0.0882 e. The molecule has 0 aromatic rings. The zero-order valence-corrected chi connectivity index (χ0v) is 20.3. The van der Waals surface area contributed by atoms with E-state index >= 15 is 0 Å². The van der Waals surface area contributed by atoms with Crippen LogP contribution in [0.4, 0.5) is 0 Å². The summed E-state index contributed by atoms with van der Waals surface area (Å²) in [5, 5.41) is 21.2. The summed E-state index contributed by atoms with van der Waals surface area (Å²) in [6.07, 6.45) is 13.6. The molecule has 0 aromatic carbocycles. The van der Waals surface area contributed by atoms with Crippen molar-refractivity contribution in [3.8, 4) is 0 Å². The lowest BCUT2D eigenvalue weighted by atomic mass is 9.48. The van der Waals surface area contributed by atoms with Gasteiger partial charge in [0.15, 0.2) is 0 Å². The maximum Gasteiger partial charge on any atom is 0.0882 e. The normalized spacial score (nSPS) is 47.3. The molecule has 4 saturated carbocycles. The Bertz CT molecular complexity index is 597. The van der Waals surface area contributed by atoms with Crippen LogP contribution in [0.15, 0.2) is 0 Å². The largest absolute Gasteiger partial charge is 0.390 e. The van der Waals surface area contributed by atoms with E-state index in [1.165, 1.54) is 44.9 Å². The van der Waals surface area contributed by atoms with Gasteiger partial charge < -0.3 is 14.9 Å². The molecule has 3 nitrogen and oxygen atoms in total. The van der Waals surface area contributed by atoms with E-state index in [0.29, 0.717) is 17.9 Å². The monoisotopic (exact) mass is 420 g/mol. The van der Waals surface area contributed by atoms with Crippen LogP contribution in [0.3, 0.4) is 0 Å². The molecule has 4 aliphatic rings. The topological polar surface area (TPSA) is 49.7 Å². The number of ether oxygens (including phenoxy) is 1. The lowest BCUT2D eigenvalue weighted by Gasteiger charge is -2.57. The summed E-state index contributed by atoms with van der Waals surface area (Å²) in [6, 6.07) is 0. The van der Waals surface area contributed by atoms with E-state index in [2.05, 4.69) is 13.8 Å². The molecule has 0 heterocycles. The first-order chi connectivity index (χ1) is 14.1. The molecule has 4 fully saturated rings. The average Bonchev–Trinajstić information content (AvgIpc) is 3.02. The van der Waals surface area contributed by atoms with Crippen molar-refractivity contribution in [2.45, 2.75) is 110 Å². The molecule has 0 amide bonds. The van der Waals surface area contributed by atoms with Crippen molar-refractivity contribution >= 4 is 0 Å². The molecule has 0 aromatic heterocycles. The van der Waals surface area contributed by atoms with Crippen LogP contribution in [-0.2, 0) is 4.74 Å². The van der Waals surface area contributed by atoms with E-state index in [0.717, 1.165) is 61.2 Å². The van der Waals surface area contributed by atoms with E-state index in [9.17, 15) is 10.2 Å². The molecule has 0 saturated heterocycles. The summed E-state index contributed by atoms with van der Waals surface area (Å²) >= 11 is 0. The van der Waals surface area contributed by atoms with Crippen LogP contribution in [0.5, 0.6) is 0 Å². The van der Waals surface area contributed by atoms with Crippen LogP contribution >= 0.6 is 0 Å². The van der Waals surface area contributed by atoms with E-state index in [-0.39, 0.29) is 0 Å². The summed E-state index contributed by atoms with van der Waals surface area (Å²) in [4.78, 5) is 0. The Morgan fingerprint density at radius 2 is 1.73 bits per heavy atom. The Hall–Kier alpha value is -0.120. The number of hydrogen-bond donors (Lipinski definition) is 2. The van der Waals surface area contributed by atoms with Crippen molar-refractivity contribution in [3.63, 3.8) is 0 Å². The maximum absolute atomic E-state index is 11.0. The first-order valence-electron chi connectivity index (χ1n) is 13.0. The predicted octanol–water partition coefficient (Wildman–Crippen LogP) is 5.82. The van der Waals surface area contributed by atoms with Crippen molar-refractivity contribution in [2.75, 3.05) is 13.7 Å². The van der Waals surface area contributed by atoms with Gasteiger partial charge >= 0.3 is 0 Å². The van der Waals surface area contributed by atoms with Crippen LogP contribution in [-0.4, -0.2) is 35.1 Å². The van der Waals surface area contributed by atoms with Gasteiger partial charge in [-0.1, -0.05) is 13.8 Å². The molecular formula is C27H48O3. The highest BCUT2D eigenvalue weighted by Crippen LogP contribution is 2.66. The molecule has 0 radical (unpaired) electrons. The molecule has 3 heteroatoms. The summed E-state index contributed by atoms with van der Waals surface area (Å²) in [5.41, 5.74) is -0.590. The average molecular weight is 421 g/mol. The van der Waals surface area contributed by atoms with Gasteiger partial charge in [-0.15, -0.1) is 0 Å². The lowest BCUT2D eigenvalue weighted by molar-refractivity contribution is -0.126. The second-order valence-electron chi connectivity index (χ2n) is 12.9. The first kappa shape index (κ1) is 23.1. The van der Waals surface area contributed by atoms with E-state index in [1.807, 2.05) is 13.8 Å². The lowest BCUT2D eigenvalue weighted by Crippen LogP contribution is -2.52. The third kappa shape index (κ3) is 4.25. The fraction of sp³-hybridized carbons (Fsp3) is 1.00. The second-order valence-corrected chi connectivity index (χ2v) is 12.9. The number of fused-ring (bicyclic) bond motifs is 5. The number of rotatable bonds is 6. The fourth-order valence-corrected chi connectivity index (χ4v) is 9.12. The Morgan fingerprint density at radius 1 is 1.00 bits per heavy atom. The molecule has 4 aliphatic carbocycles. The SMILES string of the molecule is COC[C@@]1(O)CC[C@H]2[C@@H](CC[C@@H]3[C@@H]2CC[C@]2(C)[C@@H]([C@H](C)CCC(C)(C)O)CC[C@@H]32)C1. The van der Waals surface area contributed by atoms with Crippen molar-refractivity contribution in [1.82, 2.24) is 0 Å². The highest BCUT2D eigenvalue weighted by atomic mass is 16.5. The standard InChI is InChI=1S/C27H48O3/c1-18(10-13-25(2,3)28)23-8-9-24-22-7-6-19-16-27(29,17-30-5)15-12-20(19)21(22)11-14-26(23,24)4/h18-24,28-29H,6-17H2,1-5H3/t18-,19+,20+,21-,22-,23-,24+,26-,27-/m1/s1. The van der Waals surface area contributed by atoms with E-state index in [1.54, 1.807) is 7.11 Å². The Labute approximate surface area is 185 Å². The van der Waals surface area contributed by atoms with Gasteiger partial charge in [0.1, 0.15) is 0 Å². The minimum absolute atomic E-state index is 0.509. The van der Waals surface area contributed by atoms with Crippen LogP contribution < -0.4 is 0 Å². The van der Waals surface area contributed by atoms with Crippen LogP contribution in [0.25, 0.3) is 0 Å². The molecule has 0 bridgehead atoms. The van der Waals surface area contributed by atoms with E-state index in [4.69, 9.17) is 4.74 Å². The van der Waals surface area contributed by atoms with Crippen molar-refractivity contribution < 1.29 is 14.9 Å². The third-order valence-electron chi connectivity index (χ3n) is 10.5. The van der Waals surface area contributed by atoms with Gasteiger partial charge in [0.05, 0.1) is 17.8 Å². The Morgan fingerprint density at radius 3 is 2.43 bits per heavy atom. The van der Waals surface area contributed by atoms with Crippen LogP contribution in [0, 0.1) is 46.8 Å². The predicted molar refractivity (Wildman–Crippen MR) is 122 cm³/mol. The van der Waals surface area contributed by atoms with Gasteiger partial charge in [0.2, 0.25) is 0 Å². The zero-order chi connectivity index (χ0) is 21.7. The van der Waals surface area contributed by atoms with E-state index < -0.39 is 11.2 Å². The number of methoxy groups -OCH3 is 1. The zero-order valence-electron chi connectivity index (χ0n) is 20.3. The fourth-order valence-electron chi connectivity index (χ4n) is 9.12. The van der Waals surface area contributed by atoms with Gasteiger partial charge in [0, 0.05) is 7.11 Å². The molecule has 0 unspecified atom stereocenters. The van der Waals surface area contributed by atoms with Crippen molar-refractivity contribution in [2.24, 2.45) is 46.8 Å². The number of aliphatic hydroxyl groups is 2. The molecule has 0 aliphatic heterocycles. The molecule has 2 N–H and O–H groups in total. The quantitative estimate of drug-likeness (QED) is 0.569. The van der Waals surface area contributed by atoms with Crippen LogP contribution in [0.2, 0.25) is 0 Å². The van der Waals surface area contributed by atoms with Gasteiger partial charge in [-0.2, -0.15) is 0 Å². The molecule has 4 rings (SSSR count). The maximum atomic E-state index is 11.0. The van der Waals surface area contributed by atoms with Gasteiger partial charge in [-0.3, -0.25) is 0 Å². The molecular weight excluding hydrogens is 372 g/mol. The van der Waals surface area contributed by atoms with Gasteiger partial charge in [0.25, 0.3) is 0 Å². The summed E-state index contributed by atoms with van der Waals surface area (Å²) < 4.78 is 5.35. The summed E-state index contributed by atoms with van der Waals surface area (Å²) in [5.74, 6) is 5.85. The Kier molecular flexibility index (Phi) is 6.41. The van der Waals surface area contributed by atoms with Gasteiger partial charge in [-0.25, -0.2) is 0 Å². The third-order valence-corrected chi connectivity index (χ3v) is 10.5. The summed E-state index contributed by atoms with van der Waals surface area (Å²) in [7, 11) is 1.72. The minimum Gasteiger partial charge on any atom is -0.390 e. The molecule has 9 atom stereocenters. The van der Waals surface area contributed by atoms with Crippen molar-refractivity contribution in [3.05, 3.63) is 0 Å². The highest BCUT2D eigenvalue weighted by molar-refractivity contribution is 5.07. The highest BCUT2D eigenvalue weighted by Gasteiger charge is 2.58. The summed E-state index contributed by atoms with van der Waals surface area (Å²) in [6.45, 7) is 9.53. The second kappa shape index (κ2) is 8.34. The minimum atomic E-state index is -0.569. The molecule has 30 heavy (non-hydrogen) atoms. The van der Waals surface area contributed by atoms with Crippen molar-refractivity contribution in [1.29, 1.82) is 0 Å². The molecule has 174 valence electrons. The van der Waals surface area contributed by atoms with Crippen LogP contribution in [0.1, 0.15) is 98.3 Å². The molecule has 0 spiro atoms. The van der Waals surface area contributed by atoms with Gasteiger partial charge in [-0.05, 0) is 131 Å². The number of hydrogen-bond acceptors (Lipinski definition) is 3. The Balaban J connectivity index is 1.43. The first-order valence-corrected chi connectivity index (χ1v) is 13.0.